The summed E-state index contributed by atoms with van der Waals surface area (Å²) in [5, 5.41) is 0.785. The molecule has 0 spiro atoms. The van der Waals surface area contributed by atoms with Crippen molar-refractivity contribution < 1.29 is 13.2 Å². The van der Waals surface area contributed by atoms with Gasteiger partial charge < -0.3 is 4.74 Å². The van der Waals surface area contributed by atoms with E-state index in [2.05, 4.69) is 4.98 Å². The first-order chi connectivity index (χ1) is 10.5. The minimum atomic E-state index is -3.54. The quantitative estimate of drug-likeness (QED) is 0.842. The van der Waals surface area contributed by atoms with Gasteiger partial charge in [0.15, 0.2) is 0 Å². The van der Waals surface area contributed by atoms with Crippen molar-refractivity contribution in [2.75, 3.05) is 13.1 Å². The van der Waals surface area contributed by atoms with Crippen LogP contribution in [0.15, 0.2) is 47.5 Å². The number of benzene rings is 1. The molecule has 3 rings (SSSR count). The molecule has 1 fully saturated rings. The monoisotopic (exact) mass is 358 g/mol. The van der Waals surface area contributed by atoms with Gasteiger partial charge in [-0.2, -0.15) is 4.31 Å². The number of sulfonamides is 1. The average molecular weight is 359 g/mol. The summed E-state index contributed by atoms with van der Waals surface area (Å²) < 4.78 is 31.7. The van der Waals surface area contributed by atoms with E-state index in [4.69, 9.17) is 27.9 Å². The lowest BCUT2D eigenvalue weighted by molar-refractivity contribution is 0.0722. The molecule has 0 atom stereocenters. The summed E-state index contributed by atoms with van der Waals surface area (Å²) in [4.78, 5) is 4.19. The minimum Gasteiger partial charge on any atom is -0.470 e. The van der Waals surface area contributed by atoms with Gasteiger partial charge in [0.1, 0.15) is 11.1 Å². The number of rotatable bonds is 4. The molecule has 0 radical (unpaired) electrons. The predicted octanol–water partition coefficient (Wildman–Crippen LogP) is 2.84. The van der Waals surface area contributed by atoms with E-state index < -0.39 is 10.0 Å². The number of aromatic nitrogens is 1. The van der Waals surface area contributed by atoms with Crippen LogP contribution in [-0.4, -0.2) is 36.9 Å². The molecule has 22 heavy (non-hydrogen) atoms. The van der Waals surface area contributed by atoms with Gasteiger partial charge in [0.2, 0.25) is 15.9 Å². The van der Waals surface area contributed by atoms with E-state index in [1.807, 2.05) is 0 Å². The Kier molecular flexibility index (Phi) is 4.27. The molecule has 0 N–H and O–H groups in total. The first kappa shape index (κ1) is 15.6. The fourth-order valence-electron chi connectivity index (χ4n) is 2.06. The van der Waals surface area contributed by atoms with Crippen molar-refractivity contribution in [1.29, 1.82) is 0 Å². The molecule has 1 saturated heterocycles. The molecule has 8 heteroatoms. The summed E-state index contributed by atoms with van der Waals surface area (Å²) in [7, 11) is -3.54. The zero-order valence-electron chi connectivity index (χ0n) is 11.3. The van der Waals surface area contributed by atoms with Gasteiger partial charge >= 0.3 is 0 Å². The third kappa shape index (κ3) is 3.05. The van der Waals surface area contributed by atoms with Crippen molar-refractivity contribution in [2.45, 2.75) is 11.0 Å². The highest BCUT2D eigenvalue weighted by molar-refractivity contribution is 7.89. The Bertz CT molecular complexity index is 792. The van der Waals surface area contributed by atoms with Crippen LogP contribution in [0, 0.1) is 0 Å². The van der Waals surface area contributed by atoms with Crippen molar-refractivity contribution in [3.63, 3.8) is 0 Å². The van der Waals surface area contributed by atoms with E-state index in [9.17, 15) is 8.42 Å². The van der Waals surface area contributed by atoms with Gasteiger partial charge in [-0.25, -0.2) is 13.4 Å². The molecule has 116 valence electrons. The van der Waals surface area contributed by atoms with Gasteiger partial charge in [0.25, 0.3) is 0 Å². The summed E-state index contributed by atoms with van der Waals surface area (Å²) in [6.07, 6.45) is 1.31. The average Bonchev–Trinajstić information content (AvgIpc) is 2.44. The zero-order chi connectivity index (χ0) is 15.7. The highest BCUT2D eigenvalue weighted by Crippen LogP contribution is 2.28. The van der Waals surface area contributed by atoms with Crippen molar-refractivity contribution in [1.82, 2.24) is 9.29 Å². The Morgan fingerprint density at radius 1 is 1.18 bits per heavy atom. The lowest BCUT2D eigenvalue weighted by atomic mass is 10.2. The second-order valence-electron chi connectivity index (χ2n) is 4.81. The number of pyridine rings is 1. The molecular formula is C14H12Cl2N2O3S. The molecule has 0 amide bonds. The highest BCUT2D eigenvalue weighted by Gasteiger charge is 2.38. The number of nitrogens with zero attached hydrogens (tertiary/aromatic N) is 2. The summed E-state index contributed by atoms with van der Waals surface area (Å²) >= 11 is 11.8. The largest absolute Gasteiger partial charge is 0.470 e. The van der Waals surface area contributed by atoms with Gasteiger partial charge in [-0.05, 0) is 30.3 Å². The van der Waals surface area contributed by atoms with Crippen LogP contribution in [0.4, 0.5) is 0 Å². The van der Waals surface area contributed by atoms with Crippen LogP contribution in [0.25, 0.3) is 0 Å². The van der Waals surface area contributed by atoms with Crippen LogP contribution in [0.2, 0.25) is 10.0 Å². The van der Waals surface area contributed by atoms with E-state index in [0.29, 0.717) is 15.9 Å². The van der Waals surface area contributed by atoms with Crippen LogP contribution in [0.5, 0.6) is 5.88 Å². The van der Waals surface area contributed by atoms with E-state index in [1.54, 1.807) is 30.5 Å². The standard InChI is InChI=1S/C14H12Cl2N2O3S/c15-10-3-1-4-12(7-10)22(19,20)18-8-11(9-18)21-14-13(16)5-2-6-17-14/h1-7,11H,8-9H2. The summed E-state index contributed by atoms with van der Waals surface area (Å²) in [5.74, 6) is 0.314. The van der Waals surface area contributed by atoms with Crippen LogP contribution in [0.3, 0.4) is 0 Å². The smallest absolute Gasteiger partial charge is 0.243 e. The molecule has 0 bridgehead atoms. The molecule has 2 heterocycles. The minimum absolute atomic E-state index is 0.175. The van der Waals surface area contributed by atoms with Crippen LogP contribution < -0.4 is 4.74 Å². The molecule has 1 aromatic carbocycles. The maximum absolute atomic E-state index is 12.4. The van der Waals surface area contributed by atoms with Crippen molar-refractivity contribution >= 4 is 33.2 Å². The predicted molar refractivity (Wildman–Crippen MR) is 83.9 cm³/mol. The maximum Gasteiger partial charge on any atom is 0.243 e. The van der Waals surface area contributed by atoms with E-state index in [0.717, 1.165) is 0 Å². The second-order valence-corrected chi connectivity index (χ2v) is 7.59. The lowest BCUT2D eigenvalue weighted by Crippen LogP contribution is -2.56. The number of hydrogen-bond acceptors (Lipinski definition) is 4. The Labute approximate surface area is 138 Å². The molecule has 0 aliphatic carbocycles. The zero-order valence-corrected chi connectivity index (χ0v) is 13.6. The Hall–Kier alpha value is -1.34. The lowest BCUT2D eigenvalue weighted by Gasteiger charge is -2.37. The number of halogens is 2. The fourth-order valence-corrected chi connectivity index (χ4v) is 4.03. The topological polar surface area (TPSA) is 59.5 Å². The van der Waals surface area contributed by atoms with E-state index >= 15 is 0 Å². The van der Waals surface area contributed by atoms with Gasteiger partial charge in [-0.1, -0.05) is 29.3 Å². The fraction of sp³-hybridized carbons (Fsp3) is 0.214. The van der Waals surface area contributed by atoms with Crippen LogP contribution >= 0.6 is 23.2 Å². The molecule has 2 aromatic rings. The highest BCUT2D eigenvalue weighted by atomic mass is 35.5. The van der Waals surface area contributed by atoms with Gasteiger partial charge in [0, 0.05) is 11.2 Å². The molecule has 1 aliphatic heterocycles. The molecule has 1 aliphatic rings. The number of hydrogen-bond donors (Lipinski definition) is 0. The third-order valence-corrected chi connectivity index (χ3v) is 5.60. The van der Waals surface area contributed by atoms with E-state index in [1.165, 1.54) is 16.4 Å². The van der Waals surface area contributed by atoms with Crippen LogP contribution in [-0.2, 0) is 10.0 Å². The van der Waals surface area contributed by atoms with Crippen molar-refractivity contribution in [3.8, 4) is 5.88 Å². The SMILES string of the molecule is O=S(=O)(c1cccc(Cl)c1)N1CC(Oc2ncccc2Cl)C1. The van der Waals surface area contributed by atoms with Gasteiger partial charge in [-0.15, -0.1) is 0 Å². The molecule has 0 unspecified atom stereocenters. The van der Waals surface area contributed by atoms with Gasteiger partial charge in [0.05, 0.1) is 18.0 Å². The first-order valence-electron chi connectivity index (χ1n) is 6.50. The Morgan fingerprint density at radius 3 is 2.64 bits per heavy atom. The first-order valence-corrected chi connectivity index (χ1v) is 8.69. The Balaban J connectivity index is 1.67. The Morgan fingerprint density at radius 2 is 1.95 bits per heavy atom. The number of ether oxygens (including phenoxy) is 1. The maximum atomic E-state index is 12.4. The molecule has 1 aromatic heterocycles. The summed E-state index contributed by atoms with van der Waals surface area (Å²) in [5.41, 5.74) is 0. The summed E-state index contributed by atoms with van der Waals surface area (Å²) in [6, 6.07) is 9.56. The van der Waals surface area contributed by atoms with E-state index in [-0.39, 0.29) is 24.1 Å². The van der Waals surface area contributed by atoms with Gasteiger partial charge in [-0.3, -0.25) is 0 Å². The summed E-state index contributed by atoms with van der Waals surface area (Å²) in [6.45, 7) is 0.503. The van der Waals surface area contributed by atoms with Crippen molar-refractivity contribution in [2.24, 2.45) is 0 Å². The molecule has 0 saturated carbocycles. The molecular weight excluding hydrogens is 347 g/mol. The second kappa shape index (κ2) is 6.04. The third-order valence-electron chi connectivity index (χ3n) is 3.25. The normalized spacial score (nSPS) is 16.3. The van der Waals surface area contributed by atoms with Crippen LogP contribution in [0.1, 0.15) is 0 Å². The van der Waals surface area contributed by atoms with Crippen molar-refractivity contribution in [3.05, 3.63) is 52.6 Å². The molecule has 5 nitrogen and oxygen atoms in total.